The molecule has 1 atom stereocenters. The lowest BCUT2D eigenvalue weighted by Crippen LogP contribution is -2.15. The van der Waals surface area contributed by atoms with Gasteiger partial charge in [0.15, 0.2) is 5.82 Å². The average Bonchev–Trinajstić information content (AvgIpc) is 3.37. The quantitative estimate of drug-likeness (QED) is 0.777. The first-order valence-corrected chi connectivity index (χ1v) is 9.26. The highest BCUT2D eigenvalue weighted by Crippen LogP contribution is 2.28. The third kappa shape index (κ3) is 3.76. The zero-order valence-electron chi connectivity index (χ0n) is 14.4. The third-order valence-electron chi connectivity index (χ3n) is 5.36. The van der Waals surface area contributed by atoms with Crippen molar-refractivity contribution in [2.45, 2.75) is 50.9 Å². The molecular formula is C18H25N5O2. The Bertz CT molecular complexity index is 711. The van der Waals surface area contributed by atoms with Crippen LogP contribution in [0.5, 0.6) is 0 Å². The minimum atomic E-state index is -0.175. The minimum absolute atomic E-state index is 0.175. The van der Waals surface area contributed by atoms with Gasteiger partial charge in [-0.15, -0.1) is 0 Å². The molecule has 2 aliphatic rings. The lowest BCUT2D eigenvalue weighted by atomic mass is 9.86. The summed E-state index contributed by atoms with van der Waals surface area (Å²) in [5.41, 5.74) is 2.53. The van der Waals surface area contributed by atoms with Crippen LogP contribution >= 0.6 is 0 Å². The lowest BCUT2D eigenvalue weighted by Gasteiger charge is -2.20. The van der Waals surface area contributed by atoms with Crippen molar-refractivity contribution in [2.75, 3.05) is 18.5 Å². The van der Waals surface area contributed by atoms with E-state index >= 15 is 0 Å². The maximum absolute atomic E-state index is 12.6. The summed E-state index contributed by atoms with van der Waals surface area (Å²) in [6.45, 7) is 1.37. The van der Waals surface area contributed by atoms with E-state index in [0.29, 0.717) is 18.0 Å². The van der Waals surface area contributed by atoms with Gasteiger partial charge in [-0.3, -0.25) is 15.0 Å². The van der Waals surface area contributed by atoms with E-state index in [-0.39, 0.29) is 11.8 Å². The number of carbonyl (C=O) groups excluding carboxylic acids is 1. The van der Waals surface area contributed by atoms with Crippen molar-refractivity contribution >= 4 is 11.7 Å². The molecule has 0 spiro atoms. The molecule has 7 heteroatoms. The van der Waals surface area contributed by atoms with Gasteiger partial charge in [-0.25, -0.2) is 0 Å². The van der Waals surface area contributed by atoms with Gasteiger partial charge in [-0.2, -0.15) is 10.2 Å². The normalized spacial score (nSPS) is 21.5. The summed E-state index contributed by atoms with van der Waals surface area (Å²) >= 11 is 0. The molecular weight excluding hydrogens is 318 g/mol. The highest BCUT2D eigenvalue weighted by Gasteiger charge is 2.25. The van der Waals surface area contributed by atoms with E-state index in [9.17, 15) is 4.79 Å². The SMILES string of the molecule is O=C(Nc1cc(CC2CCCCC2)[nH]n1)c1cn[nH]c1[C@@H]1CCOC1. The number of hydrogen-bond donors (Lipinski definition) is 3. The Balaban J connectivity index is 1.39. The van der Waals surface area contributed by atoms with Crippen LogP contribution in [0.2, 0.25) is 0 Å². The molecule has 0 bridgehead atoms. The summed E-state index contributed by atoms with van der Waals surface area (Å²) in [6.07, 6.45) is 10.1. The van der Waals surface area contributed by atoms with Gasteiger partial charge in [0.1, 0.15) is 0 Å². The van der Waals surface area contributed by atoms with Crippen molar-refractivity contribution in [1.29, 1.82) is 0 Å². The molecule has 2 fully saturated rings. The molecule has 0 aromatic carbocycles. The molecule has 1 aliphatic carbocycles. The van der Waals surface area contributed by atoms with E-state index in [1.807, 2.05) is 6.07 Å². The minimum Gasteiger partial charge on any atom is -0.381 e. The summed E-state index contributed by atoms with van der Waals surface area (Å²) in [6, 6.07) is 1.95. The Kier molecular flexibility index (Phi) is 4.83. The van der Waals surface area contributed by atoms with Crippen LogP contribution in [0.15, 0.2) is 12.3 Å². The number of anilines is 1. The zero-order valence-corrected chi connectivity index (χ0v) is 14.4. The number of H-pyrrole nitrogens is 2. The fraction of sp³-hybridized carbons (Fsp3) is 0.611. The molecule has 2 aromatic heterocycles. The van der Waals surface area contributed by atoms with Crippen LogP contribution < -0.4 is 5.32 Å². The van der Waals surface area contributed by atoms with Gasteiger partial charge in [0.2, 0.25) is 0 Å². The van der Waals surface area contributed by atoms with Gasteiger partial charge >= 0.3 is 0 Å². The van der Waals surface area contributed by atoms with E-state index in [4.69, 9.17) is 4.74 Å². The molecule has 4 rings (SSSR count). The fourth-order valence-corrected chi connectivity index (χ4v) is 3.97. The smallest absolute Gasteiger partial charge is 0.260 e. The second kappa shape index (κ2) is 7.39. The number of nitrogens with one attached hydrogen (secondary N) is 3. The molecule has 134 valence electrons. The first kappa shape index (κ1) is 16.3. The van der Waals surface area contributed by atoms with Crippen LogP contribution in [-0.2, 0) is 11.2 Å². The largest absolute Gasteiger partial charge is 0.381 e. The monoisotopic (exact) mass is 343 g/mol. The number of carbonyl (C=O) groups is 1. The van der Waals surface area contributed by atoms with Crippen LogP contribution in [0, 0.1) is 5.92 Å². The number of hydrogen-bond acceptors (Lipinski definition) is 4. The number of nitrogens with zero attached hydrogens (tertiary/aromatic N) is 2. The topological polar surface area (TPSA) is 95.7 Å². The molecule has 0 unspecified atom stereocenters. The van der Waals surface area contributed by atoms with Crippen LogP contribution in [0.4, 0.5) is 5.82 Å². The Hall–Kier alpha value is -2.15. The van der Waals surface area contributed by atoms with Crippen LogP contribution in [-0.4, -0.2) is 39.5 Å². The van der Waals surface area contributed by atoms with Gasteiger partial charge in [0, 0.05) is 24.3 Å². The van der Waals surface area contributed by atoms with Crippen molar-refractivity contribution in [3.05, 3.63) is 29.2 Å². The van der Waals surface area contributed by atoms with E-state index < -0.39 is 0 Å². The number of rotatable bonds is 5. The molecule has 1 amide bonds. The van der Waals surface area contributed by atoms with Gasteiger partial charge in [-0.1, -0.05) is 32.1 Å². The van der Waals surface area contributed by atoms with Gasteiger partial charge in [0.05, 0.1) is 24.1 Å². The van der Waals surface area contributed by atoms with Crippen molar-refractivity contribution in [2.24, 2.45) is 5.92 Å². The predicted molar refractivity (Wildman–Crippen MR) is 93.6 cm³/mol. The van der Waals surface area contributed by atoms with Gasteiger partial charge in [0.25, 0.3) is 5.91 Å². The van der Waals surface area contributed by atoms with E-state index in [1.165, 1.54) is 32.1 Å². The van der Waals surface area contributed by atoms with Crippen LogP contribution in [0.1, 0.15) is 66.2 Å². The predicted octanol–water partition coefficient (Wildman–Crippen LogP) is 3.01. The molecule has 7 nitrogen and oxygen atoms in total. The molecule has 1 saturated heterocycles. The highest BCUT2D eigenvalue weighted by molar-refractivity contribution is 6.04. The van der Waals surface area contributed by atoms with E-state index in [2.05, 4.69) is 25.7 Å². The first-order valence-electron chi connectivity index (χ1n) is 9.26. The second-order valence-electron chi connectivity index (χ2n) is 7.20. The number of amides is 1. The molecule has 1 aliphatic heterocycles. The van der Waals surface area contributed by atoms with Crippen molar-refractivity contribution in [3.8, 4) is 0 Å². The Labute approximate surface area is 146 Å². The maximum Gasteiger partial charge on any atom is 0.260 e. The molecule has 3 heterocycles. The maximum atomic E-state index is 12.6. The second-order valence-corrected chi connectivity index (χ2v) is 7.20. The molecule has 2 aromatic rings. The van der Waals surface area contributed by atoms with Crippen LogP contribution in [0.3, 0.4) is 0 Å². The molecule has 0 radical (unpaired) electrons. The lowest BCUT2D eigenvalue weighted by molar-refractivity contribution is 0.102. The summed E-state index contributed by atoms with van der Waals surface area (Å²) < 4.78 is 5.41. The first-order chi connectivity index (χ1) is 12.3. The van der Waals surface area contributed by atoms with Crippen molar-refractivity contribution in [1.82, 2.24) is 20.4 Å². The average molecular weight is 343 g/mol. The number of ether oxygens (including phenoxy) is 1. The van der Waals surface area contributed by atoms with Crippen molar-refractivity contribution < 1.29 is 9.53 Å². The summed E-state index contributed by atoms with van der Waals surface area (Å²) in [4.78, 5) is 12.6. The van der Waals surface area contributed by atoms with Gasteiger partial charge in [-0.05, 0) is 18.8 Å². The molecule has 25 heavy (non-hydrogen) atoms. The van der Waals surface area contributed by atoms with Crippen molar-refractivity contribution in [3.63, 3.8) is 0 Å². The van der Waals surface area contributed by atoms with Crippen LogP contribution in [0.25, 0.3) is 0 Å². The molecule has 1 saturated carbocycles. The van der Waals surface area contributed by atoms with E-state index in [0.717, 1.165) is 36.8 Å². The summed E-state index contributed by atoms with van der Waals surface area (Å²) in [7, 11) is 0. The Morgan fingerprint density at radius 2 is 2.12 bits per heavy atom. The van der Waals surface area contributed by atoms with Gasteiger partial charge < -0.3 is 10.1 Å². The number of aromatic nitrogens is 4. The van der Waals surface area contributed by atoms with E-state index in [1.54, 1.807) is 6.20 Å². The third-order valence-corrected chi connectivity index (χ3v) is 5.36. The standard InChI is InChI=1S/C18H25N5O2/c24-18(15-10-19-23-17(15)13-6-7-25-11-13)20-16-9-14(21-22-16)8-12-4-2-1-3-5-12/h9-10,12-13H,1-8,11H2,(H,19,23)(H2,20,21,22,24)/t13-/m1/s1. The summed E-state index contributed by atoms with van der Waals surface area (Å²) in [5.74, 6) is 1.35. The zero-order chi connectivity index (χ0) is 17.1. The fourth-order valence-electron chi connectivity index (χ4n) is 3.97. The Morgan fingerprint density at radius 1 is 1.24 bits per heavy atom. The number of aromatic amines is 2. The summed E-state index contributed by atoms with van der Waals surface area (Å²) in [5, 5.41) is 17.2. The Morgan fingerprint density at radius 3 is 2.92 bits per heavy atom. The molecule has 3 N–H and O–H groups in total. The highest BCUT2D eigenvalue weighted by atomic mass is 16.5.